The van der Waals surface area contributed by atoms with Gasteiger partial charge < -0.3 is 15.0 Å². The van der Waals surface area contributed by atoms with Gasteiger partial charge in [-0.1, -0.05) is 17.7 Å². The van der Waals surface area contributed by atoms with E-state index in [1.165, 1.54) is 0 Å². The number of anilines is 2. The Labute approximate surface area is 107 Å². The summed E-state index contributed by atoms with van der Waals surface area (Å²) in [7, 11) is 3.75. The lowest BCUT2D eigenvalue weighted by Crippen LogP contribution is -2.20. The molecule has 1 N–H and O–H groups in total. The third kappa shape index (κ3) is 3.91. The maximum Gasteiger partial charge on any atom is 0.250 e. The lowest BCUT2D eigenvalue weighted by molar-refractivity contribution is -0.120. The highest BCUT2D eigenvalue weighted by Gasteiger charge is 2.11. The number of benzene rings is 1. The molecule has 0 bridgehead atoms. The highest BCUT2D eigenvalue weighted by Crippen LogP contribution is 2.32. The Hall–Kier alpha value is -1.26. The van der Waals surface area contributed by atoms with E-state index in [2.05, 4.69) is 5.32 Å². The zero-order valence-corrected chi connectivity index (χ0v) is 11.0. The van der Waals surface area contributed by atoms with E-state index in [1.54, 1.807) is 12.1 Å². The van der Waals surface area contributed by atoms with Crippen LogP contribution in [0.4, 0.5) is 11.4 Å². The first kappa shape index (κ1) is 13.8. The normalized spacial score (nSPS) is 10.1. The average molecular weight is 257 g/mol. The van der Waals surface area contributed by atoms with Gasteiger partial charge in [-0.3, -0.25) is 4.79 Å². The number of hydrogen-bond acceptors (Lipinski definition) is 3. The second kappa shape index (κ2) is 6.47. The molecule has 0 aliphatic heterocycles. The molecule has 0 saturated heterocycles. The van der Waals surface area contributed by atoms with Crippen molar-refractivity contribution in [2.24, 2.45) is 0 Å². The molecule has 1 amide bonds. The Balaban J connectivity index is 2.83. The minimum Gasteiger partial charge on any atom is -0.375 e. The van der Waals surface area contributed by atoms with Crippen molar-refractivity contribution >= 4 is 28.9 Å². The van der Waals surface area contributed by atoms with Crippen LogP contribution in [-0.4, -0.2) is 33.2 Å². The Morgan fingerprint density at radius 1 is 1.47 bits per heavy atom. The monoisotopic (exact) mass is 256 g/mol. The first-order chi connectivity index (χ1) is 8.06. The van der Waals surface area contributed by atoms with Crippen LogP contribution in [0.1, 0.15) is 6.92 Å². The summed E-state index contributed by atoms with van der Waals surface area (Å²) in [6, 6.07) is 5.39. The minimum absolute atomic E-state index is 0.0515. The number of para-hydroxylation sites is 1. The molecular formula is C12H17ClN2O2. The Morgan fingerprint density at radius 3 is 2.76 bits per heavy atom. The number of ether oxygens (including phenoxy) is 1. The van der Waals surface area contributed by atoms with E-state index in [4.69, 9.17) is 16.3 Å². The van der Waals surface area contributed by atoms with Crippen molar-refractivity contribution in [2.75, 3.05) is 37.5 Å². The Kier molecular flexibility index (Phi) is 5.25. The summed E-state index contributed by atoms with van der Waals surface area (Å²) in [5.41, 5.74) is 1.48. The molecule has 0 atom stereocenters. The van der Waals surface area contributed by atoms with Gasteiger partial charge in [-0.05, 0) is 19.1 Å². The molecule has 17 heavy (non-hydrogen) atoms. The van der Waals surface area contributed by atoms with Gasteiger partial charge in [0.1, 0.15) is 6.61 Å². The summed E-state index contributed by atoms with van der Waals surface area (Å²) in [6.45, 7) is 2.41. The van der Waals surface area contributed by atoms with E-state index in [0.717, 1.165) is 5.69 Å². The maximum absolute atomic E-state index is 11.6. The van der Waals surface area contributed by atoms with E-state index in [-0.39, 0.29) is 12.5 Å². The fourth-order valence-electron chi connectivity index (χ4n) is 1.45. The second-order valence-electron chi connectivity index (χ2n) is 3.72. The van der Waals surface area contributed by atoms with Gasteiger partial charge in [0.15, 0.2) is 0 Å². The quantitative estimate of drug-likeness (QED) is 0.880. The van der Waals surface area contributed by atoms with Gasteiger partial charge >= 0.3 is 0 Å². The van der Waals surface area contributed by atoms with E-state index in [9.17, 15) is 4.79 Å². The van der Waals surface area contributed by atoms with Gasteiger partial charge in [0.2, 0.25) is 5.91 Å². The highest BCUT2D eigenvalue weighted by atomic mass is 35.5. The Morgan fingerprint density at radius 2 is 2.18 bits per heavy atom. The van der Waals surface area contributed by atoms with Crippen LogP contribution in [0.25, 0.3) is 0 Å². The van der Waals surface area contributed by atoms with Crippen molar-refractivity contribution < 1.29 is 9.53 Å². The molecule has 94 valence electrons. The zero-order chi connectivity index (χ0) is 12.8. The van der Waals surface area contributed by atoms with Crippen molar-refractivity contribution in [3.05, 3.63) is 23.2 Å². The number of rotatable bonds is 5. The first-order valence-electron chi connectivity index (χ1n) is 5.39. The van der Waals surface area contributed by atoms with Gasteiger partial charge in [0.25, 0.3) is 0 Å². The highest BCUT2D eigenvalue weighted by molar-refractivity contribution is 6.34. The van der Waals surface area contributed by atoms with E-state index < -0.39 is 0 Å². The third-order valence-corrected chi connectivity index (χ3v) is 2.45. The van der Waals surface area contributed by atoms with Crippen LogP contribution in [0.5, 0.6) is 0 Å². The maximum atomic E-state index is 11.6. The van der Waals surface area contributed by atoms with Gasteiger partial charge in [0.05, 0.1) is 16.4 Å². The third-order valence-electron chi connectivity index (χ3n) is 2.15. The van der Waals surface area contributed by atoms with Crippen molar-refractivity contribution in [1.82, 2.24) is 0 Å². The van der Waals surface area contributed by atoms with Gasteiger partial charge in [0, 0.05) is 20.7 Å². The van der Waals surface area contributed by atoms with Gasteiger partial charge in [-0.15, -0.1) is 0 Å². The van der Waals surface area contributed by atoms with Crippen LogP contribution >= 0.6 is 11.6 Å². The smallest absolute Gasteiger partial charge is 0.250 e. The summed E-state index contributed by atoms with van der Waals surface area (Å²) in [6.07, 6.45) is 0. The van der Waals surface area contributed by atoms with Crippen molar-refractivity contribution in [3.63, 3.8) is 0 Å². The molecule has 0 aliphatic carbocycles. The predicted octanol–water partition coefficient (Wildman–Crippen LogP) is 2.38. The summed E-state index contributed by atoms with van der Waals surface area (Å²) in [5, 5.41) is 3.38. The minimum atomic E-state index is -0.183. The van der Waals surface area contributed by atoms with Crippen molar-refractivity contribution in [3.8, 4) is 0 Å². The van der Waals surface area contributed by atoms with Crippen molar-refractivity contribution in [1.29, 1.82) is 0 Å². The van der Waals surface area contributed by atoms with E-state index in [0.29, 0.717) is 17.3 Å². The van der Waals surface area contributed by atoms with E-state index >= 15 is 0 Å². The molecule has 0 heterocycles. The summed E-state index contributed by atoms with van der Waals surface area (Å²) < 4.78 is 5.04. The molecule has 1 rings (SSSR count). The predicted molar refractivity (Wildman–Crippen MR) is 70.9 cm³/mol. The number of carbonyl (C=O) groups excluding carboxylic acids is 1. The number of halogens is 1. The molecule has 0 radical (unpaired) electrons. The van der Waals surface area contributed by atoms with Crippen LogP contribution in [0.3, 0.4) is 0 Å². The van der Waals surface area contributed by atoms with Gasteiger partial charge in [-0.2, -0.15) is 0 Å². The van der Waals surface area contributed by atoms with Crippen LogP contribution < -0.4 is 10.2 Å². The molecule has 4 nitrogen and oxygen atoms in total. The van der Waals surface area contributed by atoms with Crippen molar-refractivity contribution in [2.45, 2.75) is 6.92 Å². The summed E-state index contributed by atoms with van der Waals surface area (Å²) in [5.74, 6) is -0.183. The molecule has 0 aromatic heterocycles. The van der Waals surface area contributed by atoms with Crippen LogP contribution in [-0.2, 0) is 9.53 Å². The lowest BCUT2D eigenvalue weighted by Gasteiger charge is -2.19. The molecule has 0 unspecified atom stereocenters. The lowest BCUT2D eigenvalue weighted by atomic mass is 10.2. The molecule has 1 aromatic carbocycles. The topological polar surface area (TPSA) is 41.6 Å². The summed E-state index contributed by atoms with van der Waals surface area (Å²) in [4.78, 5) is 13.4. The number of carbonyl (C=O) groups is 1. The SMILES string of the molecule is CCOCC(=O)Nc1cccc(Cl)c1N(C)C. The Bertz CT molecular complexity index is 394. The number of nitrogens with zero attached hydrogens (tertiary/aromatic N) is 1. The molecule has 0 aliphatic rings. The number of amides is 1. The van der Waals surface area contributed by atoms with Gasteiger partial charge in [-0.25, -0.2) is 0 Å². The molecular weight excluding hydrogens is 240 g/mol. The first-order valence-corrected chi connectivity index (χ1v) is 5.77. The molecule has 0 saturated carbocycles. The molecule has 1 aromatic rings. The molecule has 5 heteroatoms. The largest absolute Gasteiger partial charge is 0.375 e. The molecule has 0 spiro atoms. The number of nitrogens with one attached hydrogen (secondary N) is 1. The van der Waals surface area contributed by atoms with Crippen LogP contribution in [0.2, 0.25) is 5.02 Å². The summed E-state index contributed by atoms with van der Waals surface area (Å²) >= 11 is 6.09. The van der Waals surface area contributed by atoms with Crippen LogP contribution in [0, 0.1) is 0 Å². The average Bonchev–Trinajstić information content (AvgIpc) is 2.25. The van der Waals surface area contributed by atoms with E-state index in [1.807, 2.05) is 32.0 Å². The standard InChI is InChI=1S/C12H17ClN2O2/c1-4-17-8-11(16)14-10-7-5-6-9(13)12(10)15(2)3/h5-7H,4,8H2,1-3H3,(H,14,16). The number of hydrogen-bond donors (Lipinski definition) is 1. The molecule has 0 fully saturated rings. The fraction of sp³-hybridized carbons (Fsp3) is 0.417. The fourth-order valence-corrected chi connectivity index (χ4v) is 1.80. The van der Waals surface area contributed by atoms with Crippen LogP contribution in [0.15, 0.2) is 18.2 Å². The zero-order valence-electron chi connectivity index (χ0n) is 10.3. The second-order valence-corrected chi connectivity index (χ2v) is 4.12.